The number of hydrogen-bond acceptors (Lipinski definition) is 6. The normalized spacial score (nSPS) is 17.3. The van der Waals surface area contributed by atoms with E-state index in [1.165, 1.54) is 5.56 Å². The van der Waals surface area contributed by atoms with Gasteiger partial charge in [-0.2, -0.15) is 0 Å². The first-order valence-electron chi connectivity index (χ1n) is 10.3. The summed E-state index contributed by atoms with van der Waals surface area (Å²) in [6.45, 7) is 5.93. The molecular formula is C22H25N5O2S. The molecule has 1 aromatic heterocycles. The molecule has 156 valence electrons. The van der Waals surface area contributed by atoms with E-state index in [0.29, 0.717) is 31.3 Å². The molecule has 1 fully saturated rings. The summed E-state index contributed by atoms with van der Waals surface area (Å²) in [4.78, 5) is 4.58. The van der Waals surface area contributed by atoms with Gasteiger partial charge in [0.05, 0.1) is 25.6 Å². The number of fused-ring (bicyclic) bond motifs is 1. The smallest absolute Gasteiger partial charge is 0.230 e. The first kappa shape index (κ1) is 19.3. The van der Waals surface area contributed by atoms with Crippen LogP contribution in [0.2, 0.25) is 0 Å². The average Bonchev–Trinajstić information content (AvgIpc) is 2.98. The van der Waals surface area contributed by atoms with Crippen LogP contribution in [-0.4, -0.2) is 58.7 Å². The van der Waals surface area contributed by atoms with Crippen molar-refractivity contribution in [2.75, 3.05) is 44.4 Å². The van der Waals surface area contributed by atoms with Crippen LogP contribution in [0, 0.1) is 4.77 Å². The second-order valence-electron chi connectivity index (χ2n) is 7.50. The van der Waals surface area contributed by atoms with Crippen molar-refractivity contribution in [3.63, 3.8) is 0 Å². The van der Waals surface area contributed by atoms with Crippen LogP contribution in [0.25, 0.3) is 5.69 Å². The predicted molar refractivity (Wildman–Crippen MR) is 118 cm³/mol. The lowest BCUT2D eigenvalue weighted by atomic mass is 10.2. The third-order valence-corrected chi connectivity index (χ3v) is 5.89. The highest BCUT2D eigenvalue weighted by molar-refractivity contribution is 7.71. The minimum atomic E-state index is 0.619. The van der Waals surface area contributed by atoms with E-state index in [4.69, 9.17) is 26.8 Å². The molecule has 0 aliphatic carbocycles. The molecule has 1 saturated heterocycles. The molecule has 0 saturated carbocycles. The first-order chi connectivity index (χ1) is 14.8. The molecule has 0 atom stereocenters. The van der Waals surface area contributed by atoms with Gasteiger partial charge in [0.2, 0.25) is 10.7 Å². The molecule has 30 heavy (non-hydrogen) atoms. The summed E-state index contributed by atoms with van der Waals surface area (Å²) in [5.74, 6) is 1.84. The average molecular weight is 424 g/mol. The highest BCUT2D eigenvalue weighted by Crippen LogP contribution is 2.24. The van der Waals surface area contributed by atoms with Crippen molar-refractivity contribution in [2.45, 2.75) is 13.2 Å². The van der Waals surface area contributed by atoms with Crippen LogP contribution < -0.4 is 9.64 Å². The van der Waals surface area contributed by atoms with Gasteiger partial charge >= 0.3 is 0 Å². The Balaban J connectivity index is 1.48. The molecule has 0 amide bonds. The van der Waals surface area contributed by atoms with Crippen molar-refractivity contribution in [1.29, 1.82) is 0 Å². The zero-order valence-corrected chi connectivity index (χ0v) is 17.6. The summed E-state index contributed by atoms with van der Waals surface area (Å²) in [5, 5.41) is 4.95. The minimum Gasteiger partial charge on any atom is -0.492 e. The van der Waals surface area contributed by atoms with Crippen LogP contribution in [0.1, 0.15) is 5.56 Å². The second-order valence-corrected chi connectivity index (χ2v) is 7.87. The molecule has 5 rings (SSSR count). The van der Waals surface area contributed by atoms with Crippen molar-refractivity contribution >= 4 is 18.2 Å². The number of ether oxygens (including phenoxy) is 2. The van der Waals surface area contributed by atoms with Crippen molar-refractivity contribution in [1.82, 2.24) is 19.2 Å². The van der Waals surface area contributed by atoms with E-state index in [0.717, 1.165) is 43.6 Å². The highest BCUT2D eigenvalue weighted by Gasteiger charge is 2.22. The van der Waals surface area contributed by atoms with Gasteiger partial charge in [-0.3, -0.25) is 9.47 Å². The van der Waals surface area contributed by atoms with E-state index in [1.54, 1.807) is 0 Å². The van der Waals surface area contributed by atoms with Crippen LogP contribution in [0.15, 0.2) is 54.6 Å². The molecule has 0 bridgehead atoms. The molecule has 0 spiro atoms. The van der Waals surface area contributed by atoms with Gasteiger partial charge in [-0.25, -0.2) is 4.68 Å². The molecule has 2 aliphatic rings. The maximum atomic E-state index is 5.92. The Morgan fingerprint density at radius 2 is 1.67 bits per heavy atom. The largest absolute Gasteiger partial charge is 0.492 e. The maximum Gasteiger partial charge on any atom is 0.230 e. The van der Waals surface area contributed by atoms with E-state index >= 15 is 0 Å². The second kappa shape index (κ2) is 8.59. The van der Waals surface area contributed by atoms with Gasteiger partial charge in [0.1, 0.15) is 12.4 Å². The molecule has 2 aliphatic heterocycles. The molecule has 0 unspecified atom stereocenters. The lowest BCUT2D eigenvalue weighted by Gasteiger charge is -2.27. The van der Waals surface area contributed by atoms with Crippen molar-refractivity contribution in [2.24, 2.45) is 0 Å². The molecule has 2 aromatic carbocycles. The summed E-state index contributed by atoms with van der Waals surface area (Å²) in [6.07, 6.45) is 0. The van der Waals surface area contributed by atoms with Gasteiger partial charge < -0.3 is 14.4 Å². The number of aromatic nitrogens is 3. The molecule has 0 N–H and O–H groups in total. The number of nitrogens with zero attached hydrogens (tertiary/aromatic N) is 5. The molecule has 7 nitrogen and oxygen atoms in total. The van der Waals surface area contributed by atoms with E-state index in [-0.39, 0.29) is 0 Å². The zero-order chi connectivity index (χ0) is 20.3. The molecular weight excluding hydrogens is 398 g/mol. The number of anilines is 1. The Morgan fingerprint density at radius 1 is 0.900 bits per heavy atom. The van der Waals surface area contributed by atoms with Gasteiger partial charge in [0.15, 0.2) is 0 Å². The quantitative estimate of drug-likeness (QED) is 0.601. The first-order valence-corrected chi connectivity index (χ1v) is 10.7. The number of benzene rings is 2. The Labute approximate surface area is 181 Å². The summed E-state index contributed by atoms with van der Waals surface area (Å²) in [6, 6.07) is 18.4. The van der Waals surface area contributed by atoms with Crippen molar-refractivity contribution in [3.8, 4) is 11.4 Å². The molecule has 3 aromatic rings. The number of para-hydroxylation sites is 2. The molecule has 0 radical (unpaired) electrons. The zero-order valence-electron chi connectivity index (χ0n) is 16.8. The van der Waals surface area contributed by atoms with Crippen LogP contribution in [0.4, 0.5) is 5.95 Å². The van der Waals surface area contributed by atoms with E-state index in [2.05, 4.69) is 38.6 Å². The summed E-state index contributed by atoms with van der Waals surface area (Å²) < 4.78 is 16.2. The molecule has 3 heterocycles. The van der Waals surface area contributed by atoms with Gasteiger partial charge in [-0.1, -0.05) is 36.4 Å². The van der Waals surface area contributed by atoms with Crippen LogP contribution >= 0.6 is 12.2 Å². The van der Waals surface area contributed by atoms with Crippen molar-refractivity contribution in [3.05, 3.63) is 64.9 Å². The summed E-state index contributed by atoms with van der Waals surface area (Å²) in [5.41, 5.74) is 2.22. The van der Waals surface area contributed by atoms with E-state index in [1.807, 2.05) is 35.0 Å². The fourth-order valence-corrected chi connectivity index (χ4v) is 4.24. The van der Waals surface area contributed by atoms with Crippen LogP contribution in [0.5, 0.6) is 5.75 Å². The third kappa shape index (κ3) is 3.86. The van der Waals surface area contributed by atoms with Gasteiger partial charge in [-0.15, -0.1) is 5.10 Å². The lowest BCUT2D eigenvalue weighted by Crippen LogP contribution is -2.38. The predicted octanol–water partition coefficient (Wildman–Crippen LogP) is 3.09. The van der Waals surface area contributed by atoms with Crippen molar-refractivity contribution < 1.29 is 9.47 Å². The third-order valence-electron chi connectivity index (χ3n) is 5.50. The highest BCUT2D eigenvalue weighted by atomic mass is 32.1. The number of rotatable bonds is 4. The Bertz CT molecular complexity index is 1060. The fraction of sp³-hybridized carbons (Fsp3) is 0.364. The Kier molecular flexibility index (Phi) is 5.52. The van der Waals surface area contributed by atoms with E-state index in [9.17, 15) is 0 Å². The van der Waals surface area contributed by atoms with Gasteiger partial charge in [0.25, 0.3) is 0 Å². The monoisotopic (exact) mass is 423 g/mol. The fourth-order valence-electron chi connectivity index (χ4n) is 3.95. The standard InChI is InChI=1S/C22H25N5O2S/c30-22-26(17-24-10-15-29-20-9-5-4-6-18(20)16-24)23-21(25-11-13-28-14-12-25)27(22)19-7-2-1-3-8-19/h1-9H,10-17H2. The van der Waals surface area contributed by atoms with E-state index < -0.39 is 0 Å². The lowest BCUT2D eigenvalue weighted by molar-refractivity contribution is 0.121. The maximum absolute atomic E-state index is 5.92. The summed E-state index contributed by atoms with van der Waals surface area (Å²) in [7, 11) is 0. The Hall–Kier alpha value is -2.68. The van der Waals surface area contributed by atoms with Gasteiger partial charge in [-0.05, 0) is 30.4 Å². The Morgan fingerprint density at radius 3 is 2.50 bits per heavy atom. The molecule has 8 heteroatoms. The number of morpholine rings is 1. The topological polar surface area (TPSA) is 47.7 Å². The van der Waals surface area contributed by atoms with Crippen LogP contribution in [-0.2, 0) is 18.0 Å². The minimum absolute atomic E-state index is 0.619. The summed E-state index contributed by atoms with van der Waals surface area (Å²) >= 11 is 5.89. The SMILES string of the molecule is S=c1n(CN2CCOc3ccccc3C2)nc(N2CCOCC2)n1-c1ccccc1. The van der Waals surface area contributed by atoms with Crippen LogP contribution in [0.3, 0.4) is 0 Å². The van der Waals surface area contributed by atoms with Gasteiger partial charge in [0, 0.05) is 31.7 Å². The number of hydrogen-bond donors (Lipinski definition) is 0.